The van der Waals surface area contributed by atoms with Crippen LogP contribution in [0, 0.1) is 0 Å². The lowest BCUT2D eigenvalue weighted by Crippen LogP contribution is -2.28. The summed E-state index contributed by atoms with van der Waals surface area (Å²) in [6, 6.07) is 20.3. The Morgan fingerprint density at radius 2 is 1.74 bits per heavy atom. The molecular formula is C29H27BrN2O5S. The Labute approximate surface area is 234 Å². The van der Waals surface area contributed by atoms with Gasteiger partial charge in [0.15, 0.2) is 16.7 Å². The van der Waals surface area contributed by atoms with Crippen LogP contribution in [0.3, 0.4) is 0 Å². The van der Waals surface area contributed by atoms with Gasteiger partial charge in [-0.2, -0.15) is 0 Å². The molecule has 0 unspecified atom stereocenters. The number of likely N-dealkylation sites (N-methyl/N-ethyl adjacent to an activating group) is 1. The summed E-state index contributed by atoms with van der Waals surface area (Å²) in [6.45, 7) is 5.20. The van der Waals surface area contributed by atoms with E-state index >= 15 is 0 Å². The summed E-state index contributed by atoms with van der Waals surface area (Å²) >= 11 is 4.75. The molecule has 9 heteroatoms. The number of rotatable bonds is 9. The predicted octanol–water partition coefficient (Wildman–Crippen LogP) is 6.84. The van der Waals surface area contributed by atoms with Crippen LogP contribution >= 0.6 is 27.7 Å². The normalized spacial score (nSPS) is 15.3. The Hall–Kier alpha value is -3.56. The van der Waals surface area contributed by atoms with E-state index in [-0.39, 0.29) is 5.91 Å². The van der Waals surface area contributed by atoms with Crippen molar-refractivity contribution in [2.24, 2.45) is 4.99 Å². The standard InChI is InChI=1S/C29H27BrN2O5S/c1-4-32-27(33)26(38-29(32)31-23-13-9-21(10-14-23)28(34)35-3)17-20-8-15-24(25(16-20)36-5-2)37-18-19-6-11-22(30)12-7-19/h6-17H,4-5,18H2,1-3H3/b26-17-,31-29?. The van der Waals surface area contributed by atoms with Gasteiger partial charge in [-0.15, -0.1) is 0 Å². The Balaban J connectivity index is 1.54. The van der Waals surface area contributed by atoms with Gasteiger partial charge in [0.05, 0.1) is 29.9 Å². The summed E-state index contributed by atoms with van der Waals surface area (Å²) in [6.07, 6.45) is 1.83. The fourth-order valence-corrected chi connectivity index (χ4v) is 4.99. The molecule has 1 fully saturated rings. The Morgan fingerprint density at radius 3 is 2.39 bits per heavy atom. The number of esters is 1. The molecule has 4 rings (SSSR count). The number of methoxy groups -OCH3 is 1. The number of thioether (sulfide) groups is 1. The predicted molar refractivity (Wildman–Crippen MR) is 154 cm³/mol. The largest absolute Gasteiger partial charge is 0.490 e. The summed E-state index contributed by atoms with van der Waals surface area (Å²) < 4.78 is 17.6. The van der Waals surface area contributed by atoms with Crippen molar-refractivity contribution >= 4 is 56.5 Å². The van der Waals surface area contributed by atoms with Crippen LogP contribution in [0.25, 0.3) is 6.08 Å². The molecule has 0 bridgehead atoms. The van der Waals surface area contributed by atoms with Crippen molar-refractivity contribution in [3.8, 4) is 11.5 Å². The van der Waals surface area contributed by atoms with E-state index in [1.165, 1.54) is 18.9 Å². The second-order valence-corrected chi connectivity index (χ2v) is 10.1. The molecule has 38 heavy (non-hydrogen) atoms. The van der Waals surface area contributed by atoms with Gasteiger partial charge in [0, 0.05) is 11.0 Å². The van der Waals surface area contributed by atoms with Crippen LogP contribution in [0.5, 0.6) is 11.5 Å². The van der Waals surface area contributed by atoms with Gasteiger partial charge >= 0.3 is 5.97 Å². The highest BCUT2D eigenvalue weighted by atomic mass is 79.9. The first-order valence-electron chi connectivity index (χ1n) is 12.0. The van der Waals surface area contributed by atoms with Crippen molar-refractivity contribution < 1.29 is 23.8 Å². The Morgan fingerprint density at radius 1 is 1.00 bits per heavy atom. The van der Waals surface area contributed by atoms with Crippen LogP contribution in [-0.4, -0.2) is 42.2 Å². The zero-order valence-electron chi connectivity index (χ0n) is 21.3. The first kappa shape index (κ1) is 27.5. The smallest absolute Gasteiger partial charge is 0.337 e. The number of carbonyl (C=O) groups is 2. The van der Waals surface area contributed by atoms with Crippen LogP contribution in [0.15, 0.2) is 81.1 Å². The van der Waals surface area contributed by atoms with Crippen molar-refractivity contribution in [3.05, 3.63) is 92.8 Å². The Kier molecular flexibility index (Phi) is 9.25. The minimum atomic E-state index is -0.411. The molecule has 1 aliphatic heterocycles. The molecule has 0 aliphatic carbocycles. The van der Waals surface area contributed by atoms with E-state index in [0.717, 1.165) is 15.6 Å². The second-order valence-electron chi connectivity index (χ2n) is 8.15. The van der Waals surface area contributed by atoms with Gasteiger partial charge in [-0.25, -0.2) is 9.79 Å². The third-order valence-electron chi connectivity index (χ3n) is 5.59. The zero-order chi connectivity index (χ0) is 27.1. The molecule has 0 saturated carbocycles. The highest BCUT2D eigenvalue weighted by Crippen LogP contribution is 2.36. The van der Waals surface area contributed by atoms with Crippen LogP contribution < -0.4 is 9.47 Å². The third-order valence-corrected chi connectivity index (χ3v) is 7.13. The highest BCUT2D eigenvalue weighted by molar-refractivity contribution is 9.10. The lowest BCUT2D eigenvalue weighted by molar-refractivity contribution is -0.122. The number of nitrogens with zero attached hydrogens (tertiary/aromatic N) is 2. The number of aliphatic imine (C=N–C) groups is 1. The molecule has 0 spiro atoms. The van der Waals surface area contributed by atoms with Gasteiger partial charge in [-0.3, -0.25) is 9.69 Å². The lowest BCUT2D eigenvalue weighted by Gasteiger charge is -2.13. The maximum Gasteiger partial charge on any atom is 0.337 e. The average Bonchev–Trinajstić information content (AvgIpc) is 3.22. The highest BCUT2D eigenvalue weighted by Gasteiger charge is 2.32. The molecule has 1 aliphatic rings. The van der Waals surface area contributed by atoms with Gasteiger partial charge < -0.3 is 14.2 Å². The van der Waals surface area contributed by atoms with E-state index in [0.29, 0.717) is 52.6 Å². The van der Waals surface area contributed by atoms with Gasteiger partial charge in [-0.05, 0) is 91.3 Å². The average molecular weight is 596 g/mol. The monoisotopic (exact) mass is 594 g/mol. The number of benzene rings is 3. The third kappa shape index (κ3) is 6.65. The SMILES string of the molecule is CCOc1cc(/C=C2\SC(=Nc3ccc(C(=O)OC)cc3)N(CC)C2=O)ccc1OCc1ccc(Br)cc1. The number of halogens is 1. The molecule has 3 aromatic carbocycles. The molecule has 1 heterocycles. The maximum atomic E-state index is 13.1. The van der Waals surface area contributed by atoms with Crippen molar-refractivity contribution in [1.82, 2.24) is 4.90 Å². The lowest BCUT2D eigenvalue weighted by atomic mass is 10.1. The van der Waals surface area contributed by atoms with Crippen molar-refractivity contribution in [2.45, 2.75) is 20.5 Å². The van der Waals surface area contributed by atoms with Gasteiger partial charge in [-0.1, -0.05) is 34.1 Å². The minimum absolute atomic E-state index is 0.115. The number of hydrogen-bond donors (Lipinski definition) is 0. The summed E-state index contributed by atoms with van der Waals surface area (Å²) in [5, 5.41) is 0.578. The minimum Gasteiger partial charge on any atom is -0.490 e. The topological polar surface area (TPSA) is 77.4 Å². The molecule has 3 aromatic rings. The van der Waals surface area contributed by atoms with Crippen LogP contribution in [-0.2, 0) is 16.1 Å². The number of hydrogen-bond acceptors (Lipinski definition) is 7. The number of ether oxygens (including phenoxy) is 3. The van der Waals surface area contributed by atoms with E-state index in [2.05, 4.69) is 20.9 Å². The summed E-state index contributed by atoms with van der Waals surface area (Å²) in [4.78, 5) is 31.6. The maximum absolute atomic E-state index is 13.1. The molecule has 196 valence electrons. The van der Waals surface area contributed by atoms with Crippen LogP contribution in [0.2, 0.25) is 0 Å². The first-order chi connectivity index (χ1) is 18.4. The number of amides is 1. The number of amidine groups is 1. The van der Waals surface area contributed by atoms with E-state index in [4.69, 9.17) is 14.2 Å². The van der Waals surface area contributed by atoms with Crippen molar-refractivity contribution in [3.63, 3.8) is 0 Å². The van der Waals surface area contributed by atoms with Gasteiger partial charge in [0.2, 0.25) is 0 Å². The first-order valence-corrected chi connectivity index (χ1v) is 13.6. The summed E-state index contributed by atoms with van der Waals surface area (Å²) in [5.41, 5.74) is 2.94. The molecule has 0 atom stereocenters. The molecule has 0 N–H and O–H groups in total. The van der Waals surface area contributed by atoms with Crippen molar-refractivity contribution in [1.29, 1.82) is 0 Å². The fraction of sp³-hybridized carbons (Fsp3) is 0.207. The van der Waals surface area contributed by atoms with Gasteiger partial charge in [0.25, 0.3) is 5.91 Å². The van der Waals surface area contributed by atoms with E-state index in [1.807, 2.05) is 62.4 Å². The molecule has 7 nitrogen and oxygen atoms in total. The second kappa shape index (κ2) is 12.8. The summed E-state index contributed by atoms with van der Waals surface area (Å²) in [5.74, 6) is 0.721. The van der Waals surface area contributed by atoms with Crippen LogP contribution in [0.1, 0.15) is 35.3 Å². The van der Waals surface area contributed by atoms with E-state index in [9.17, 15) is 9.59 Å². The number of carbonyl (C=O) groups excluding carboxylic acids is 2. The molecule has 0 aromatic heterocycles. The van der Waals surface area contributed by atoms with E-state index in [1.54, 1.807) is 29.2 Å². The van der Waals surface area contributed by atoms with E-state index < -0.39 is 5.97 Å². The summed E-state index contributed by atoms with van der Waals surface area (Å²) in [7, 11) is 1.34. The molecule has 1 saturated heterocycles. The Bertz CT molecular complexity index is 1370. The van der Waals surface area contributed by atoms with Crippen LogP contribution in [0.4, 0.5) is 5.69 Å². The zero-order valence-corrected chi connectivity index (χ0v) is 23.7. The molecule has 0 radical (unpaired) electrons. The molecule has 1 amide bonds. The van der Waals surface area contributed by atoms with Gasteiger partial charge in [0.1, 0.15) is 6.61 Å². The van der Waals surface area contributed by atoms with Crippen molar-refractivity contribution in [2.75, 3.05) is 20.3 Å². The fourth-order valence-electron chi connectivity index (χ4n) is 3.67. The molecular weight excluding hydrogens is 568 g/mol. The quantitative estimate of drug-likeness (QED) is 0.199.